The van der Waals surface area contributed by atoms with Gasteiger partial charge in [-0.25, -0.2) is 4.68 Å². The highest BCUT2D eigenvalue weighted by molar-refractivity contribution is 7.10. The molecule has 4 aromatic rings. The maximum absolute atomic E-state index is 13.7. The number of carbonyl (C=O) groups is 1. The molecule has 1 aliphatic heterocycles. The van der Waals surface area contributed by atoms with Crippen LogP contribution in [0.3, 0.4) is 0 Å². The standard InChI is InChI=1S/C27H22ClN3O2S/c1-15-24-25(19-14-17(28)9-10-21(19)32)26-20(12-16(13-22(26)33)23-8-5-11-34-23)29-27(24)31(30-15)18-6-3-2-4-7-18/h2-11,14,16,25,29,32H,12-13H2,1H3/t16-,25+/m1/s1. The molecule has 1 aliphatic carbocycles. The van der Waals surface area contributed by atoms with Crippen LogP contribution in [0.1, 0.15) is 46.4 Å². The molecule has 2 atom stereocenters. The van der Waals surface area contributed by atoms with Crippen LogP contribution in [0.4, 0.5) is 5.82 Å². The Kier molecular flexibility index (Phi) is 5.08. The third kappa shape index (κ3) is 3.37. The topological polar surface area (TPSA) is 67.1 Å². The zero-order valence-corrected chi connectivity index (χ0v) is 20.0. The summed E-state index contributed by atoms with van der Waals surface area (Å²) in [5, 5.41) is 21.9. The summed E-state index contributed by atoms with van der Waals surface area (Å²) in [4.78, 5) is 14.9. The van der Waals surface area contributed by atoms with Crippen LogP contribution in [0.25, 0.3) is 5.69 Å². The Bertz CT molecular complexity index is 1440. The van der Waals surface area contributed by atoms with E-state index in [1.54, 1.807) is 29.5 Å². The molecule has 0 unspecified atom stereocenters. The summed E-state index contributed by atoms with van der Waals surface area (Å²) < 4.78 is 1.89. The van der Waals surface area contributed by atoms with Crippen LogP contribution < -0.4 is 5.32 Å². The third-order valence-corrected chi connectivity index (χ3v) is 7.98. The number of rotatable bonds is 3. The number of nitrogens with one attached hydrogen (secondary N) is 1. The number of halogens is 1. The summed E-state index contributed by atoms with van der Waals surface area (Å²) in [6.45, 7) is 1.95. The fourth-order valence-corrected chi connectivity index (χ4v) is 6.24. The quantitative estimate of drug-likeness (QED) is 0.343. The lowest BCUT2D eigenvalue weighted by Crippen LogP contribution is -2.30. The summed E-state index contributed by atoms with van der Waals surface area (Å²) >= 11 is 8.04. The van der Waals surface area contributed by atoms with Crippen molar-refractivity contribution >= 4 is 34.5 Å². The lowest BCUT2D eigenvalue weighted by molar-refractivity contribution is -0.116. The van der Waals surface area contributed by atoms with Crippen LogP contribution in [0.2, 0.25) is 5.02 Å². The molecule has 0 spiro atoms. The van der Waals surface area contributed by atoms with Crippen LogP contribution in [-0.2, 0) is 4.79 Å². The van der Waals surface area contributed by atoms with E-state index in [1.165, 1.54) is 4.88 Å². The normalized spacial score (nSPS) is 19.5. The van der Waals surface area contributed by atoms with Gasteiger partial charge in [0.15, 0.2) is 5.78 Å². The molecular formula is C27H22ClN3O2S. The SMILES string of the molecule is Cc1nn(-c2ccccc2)c2c1[C@H](c1cc(Cl)ccc1O)C1=C(C[C@@H](c3cccs3)CC1=O)N2. The van der Waals surface area contributed by atoms with Crippen LogP contribution in [-0.4, -0.2) is 20.7 Å². The first-order valence-corrected chi connectivity index (χ1v) is 12.5. The van der Waals surface area contributed by atoms with Gasteiger partial charge in [0.1, 0.15) is 11.6 Å². The van der Waals surface area contributed by atoms with E-state index < -0.39 is 5.92 Å². The first kappa shape index (κ1) is 21.2. The van der Waals surface area contributed by atoms with Gasteiger partial charge in [-0.3, -0.25) is 4.79 Å². The second-order valence-corrected chi connectivity index (χ2v) is 10.2. The van der Waals surface area contributed by atoms with E-state index in [4.69, 9.17) is 16.7 Å². The maximum atomic E-state index is 13.7. The van der Waals surface area contributed by atoms with Crippen molar-refractivity contribution in [2.24, 2.45) is 0 Å². The van der Waals surface area contributed by atoms with Crippen molar-refractivity contribution < 1.29 is 9.90 Å². The second-order valence-electron chi connectivity index (χ2n) is 8.79. The average molecular weight is 488 g/mol. The number of hydrogen-bond acceptors (Lipinski definition) is 5. The van der Waals surface area contributed by atoms with E-state index in [1.807, 2.05) is 48.0 Å². The first-order chi connectivity index (χ1) is 16.5. The largest absolute Gasteiger partial charge is 0.508 e. The van der Waals surface area contributed by atoms with Gasteiger partial charge in [-0.1, -0.05) is 35.9 Å². The number of aromatic nitrogens is 2. The zero-order chi connectivity index (χ0) is 23.4. The highest BCUT2D eigenvalue weighted by Gasteiger charge is 2.42. The number of ketones is 1. The molecule has 34 heavy (non-hydrogen) atoms. The third-order valence-electron chi connectivity index (χ3n) is 6.71. The van der Waals surface area contributed by atoms with Crippen molar-refractivity contribution in [3.63, 3.8) is 0 Å². The number of carbonyl (C=O) groups excluding carboxylic acids is 1. The number of fused-ring (bicyclic) bond motifs is 1. The van der Waals surface area contributed by atoms with Crippen molar-refractivity contribution in [3.8, 4) is 11.4 Å². The molecule has 2 aliphatic rings. The highest BCUT2D eigenvalue weighted by atomic mass is 35.5. The predicted molar refractivity (Wildman–Crippen MR) is 135 cm³/mol. The molecule has 2 aromatic carbocycles. The number of aromatic hydroxyl groups is 1. The molecular weight excluding hydrogens is 466 g/mol. The fraction of sp³-hybridized carbons (Fsp3) is 0.185. The van der Waals surface area contributed by atoms with E-state index in [0.717, 1.165) is 34.9 Å². The van der Waals surface area contributed by atoms with Crippen molar-refractivity contribution in [2.75, 3.05) is 5.32 Å². The number of thiophene rings is 1. The van der Waals surface area contributed by atoms with Gasteiger partial charge in [0.05, 0.1) is 11.4 Å². The van der Waals surface area contributed by atoms with Gasteiger partial charge < -0.3 is 10.4 Å². The maximum Gasteiger partial charge on any atom is 0.162 e. The molecule has 0 amide bonds. The highest BCUT2D eigenvalue weighted by Crippen LogP contribution is 2.51. The van der Waals surface area contributed by atoms with E-state index in [-0.39, 0.29) is 17.5 Å². The smallest absolute Gasteiger partial charge is 0.162 e. The minimum absolute atomic E-state index is 0.0917. The summed E-state index contributed by atoms with van der Waals surface area (Å²) in [5.74, 6) is 0.719. The summed E-state index contributed by atoms with van der Waals surface area (Å²) in [7, 11) is 0. The van der Waals surface area contributed by atoms with Gasteiger partial charge in [0.25, 0.3) is 0 Å². The lowest BCUT2D eigenvalue weighted by atomic mass is 9.73. The minimum Gasteiger partial charge on any atom is -0.508 e. The van der Waals surface area contributed by atoms with Crippen LogP contribution in [0, 0.1) is 6.92 Å². The summed E-state index contributed by atoms with van der Waals surface area (Å²) in [6, 6.07) is 19.1. The number of anilines is 1. The van der Waals surface area contributed by atoms with Gasteiger partial charge in [0, 0.05) is 50.6 Å². The number of hydrogen-bond donors (Lipinski definition) is 2. The first-order valence-electron chi connectivity index (χ1n) is 11.2. The molecule has 2 aromatic heterocycles. The Morgan fingerprint density at radius 1 is 1.12 bits per heavy atom. The van der Waals surface area contributed by atoms with Crippen LogP contribution in [0.15, 0.2) is 77.3 Å². The van der Waals surface area contributed by atoms with E-state index in [9.17, 15) is 9.90 Å². The predicted octanol–water partition coefficient (Wildman–Crippen LogP) is 6.56. The van der Waals surface area contributed by atoms with E-state index in [2.05, 4.69) is 16.8 Å². The van der Waals surface area contributed by atoms with Gasteiger partial charge >= 0.3 is 0 Å². The van der Waals surface area contributed by atoms with Crippen LogP contribution >= 0.6 is 22.9 Å². The van der Waals surface area contributed by atoms with Crippen molar-refractivity contribution in [3.05, 3.63) is 104 Å². The monoisotopic (exact) mass is 487 g/mol. The Morgan fingerprint density at radius 3 is 2.71 bits per heavy atom. The molecule has 2 N–H and O–H groups in total. The number of allylic oxidation sites excluding steroid dienone is 2. The van der Waals surface area contributed by atoms with Crippen molar-refractivity contribution in [1.82, 2.24) is 9.78 Å². The molecule has 0 saturated heterocycles. The molecule has 0 fully saturated rings. The number of para-hydroxylation sites is 1. The van der Waals surface area contributed by atoms with Crippen molar-refractivity contribution in [2.45, 2.75) is 31.6 Å². The van der Waals surface area contributed by atoms with Crippen LogP contribution in [0.5, 0.6) is 5.75 Å². The number of aryl methyl sites for hydroxylation is 1. The molecule has 0 saturated carbocycles. The minimum atomic E-state index is -0.445. The van der Waals surface area contributed by atoms with Gasteiger partial charge in [-0.15, -0.1) is 11.3 Å². The second kappa shape index (κ2) is 8.15. The molecule has 0 bridgehead atoms. The lowest BCUT2D eigenvalue weighted by Gasteiger charge is -2.35. The average Bonchev–Trinajstić information content (AvgIpc) is 3.49. The molecule has 0 radical (unpaired) electrons. The molecule has 5 nitrogen and oxygen atoms in total. The molecule has 3 heterocycles. The molecule has 6 rings (SSSR count). The molecule has 170 valence electrons. The molecule has 7 heteroatoms. The number of phenols is 1. The Labute approximate surface area is 206 Å². The van der Waals surface area contributed by atoms with E-state index in [0.29, 0.717) is 22.6 Å². The van der Waals surface area contributed by atoms with Gasteiger partial charge in [0.2, 0.25) is 0 Å². The van der Waals surface area contributed by atoms with Gasteiger partial charge in [-0.2, -0.15) is 5.10 Å². The van der Waals surface area contributed by atoms with E-state index >= 15 is 0 Å². The van der Waals surface area contributed by atoms with Crippen molar-refractivity contribution in [1.29, 1.82) is 0 Å². The Hall–Kier alpha value is -3.35. The number of phenolic OH excluding ortho intramolecular Hbond substituents is 1. The number of benzene rings is 2. The zero-order valence-electron chi connectivity index (χ0n) is 18.5. The Balaban J connectivity index is 1.58. The fourth-order valence-electron chi connectivity index (χ4n) is 5.22. The Morgan fingerprint density at radius 2 is 1.94 bits per heavy atom. The summed E-state index contributed by atoms with van der Waals surface area (Å²) in [6.07, 6.45) is 1.16. The number of nitrogens with zero attached hydrogens (tertiary/aromatic N) is 2. The number of Topliss-reactive ketones (excluding diaryl/α,β-unsaturated/α-hetero) is 1. The summed E-state index contributed by atoms with van der Waals surface area (Å²) in [5.41, 5.74) is 4.84. The van der Waals surface area contributed by atoms with Gasteiger partial charge in [-0.05, 0) is 55.1 Å².